The first kappa shape index (κ1) is 12.8. The van der Waals surface area contributed by atoms with Crippen molar-refractivity contribution in [2.45, 2.75) is 31.8 Å². The molecule has 2 fully saturated rings. The third-order valence-corrected chi connectivity index (χ3v) is 4.81. The van der Waals surface area contributed by atoms with Gasteiger partial charge < -0.3 is 14.6 Å². The molecule has 0 bridgehead atoms. The summed E-state index contributed by atoms with van der Waals surface area (Å²) in [5.74, 6) is 3.62. The molecule has 2 aliphatic carbocycles. The first-order valence-corrected chi connectivity index (χ1v) is 7.13. The highest BCUT2D eigenvalue weighted by Gasteiger charge is 2.55. The van der Waals surface area contributed by atoms with E-state index in [2.05, 4.69) is 0 Å². The topological polar surface area (TPSA) is 38.7 Å². The van der Waals surface area contributed by atoms with Crippen molar-refractivity contribution in [3.8, 4) is 11.5 Å². The minimum atomic E-state index is -0.201. The second kappa shape index (κ2) is 5.04. The van der Waals surface area contributed by atoms with Gasteiger partial charge in [0.2, 0.25) is 0 Å². The minimum absolute atomic E-state index is 0.201. The molecule has 3 nitrogen and oxygen atoms in total. The van der Waals surface area contributed by atoms with Gasteiger partial charge in [-0.3, -0.25) is 0 Å². The van der Waals surface area contributed by atoms with E-state index in [1.165, 1.54) is 19.3 Å². The lowest BCUT2D eigenvalue weighted by Gasteiger charge is -2.14. The summed E-state index contributed by atoms with van der Waals surface area (Å²) in [6.45, 7) is 0. The summed E-state index contributed by atoms with van der Waals surface area (Å²) in [4.78, 5) is 0. The zero-order chi connectivity index (χ0) is 13.4. The van der Waals surface area contributed by atoms with Crippen molar-refractivity contribution < 1.29 is 14.6 Å². The van der Waals surface area contributed by atoms with Crippen LogP contribution in [0.2, 0.25) is 0 Å². The highest BCUT2D eigenvalue weighted by atomic mass is 16.5. The van der Waals surface area contributed by atoms with Crippen molar-refractivity contribution in [3.05, 3.63) is 23.8 Å². The summed E-state index contributed by atoms with van der Waals surface area (Å²) in [6.07, 6.45) is 4.51. The molecular formula is C16H22O3. The van der Waals surface area contributed by atoms with E-state index in [4.69, 9.17) is 9.47 Å². The molecule has 2 aliphatic rings. The summed E-state index contributed by atoms with van der Waals surface area (Å²) in [6, 6.07) is 5.90. The van der Waals surface area contributed by atoms with Gasteiger partial charge in [-0.2, -0.15) is 0 Å². The van der Waals surface area contributed by atoms with Crippen LogP contribution in [0, 0.1) is 17.8 Å². The standard InChI is InChI=1S/C16H22O3/c1-18-14-7-6-10(9-15(14)19-2)8-13(17)16-11-4-3-5-12(11)16/h6-7,9,11-13,16-17H,3-5,8H2,1-2H3. The van der Waals surface area contributed by atoms with Gasteiger partial charge in [0.05, 0.1) is 20.3 Å². The second-order valence-electron chi connectivity index (χ2n) is 5.80. The lowest BCUT2D eigenvalue weighted by Crippen LogP contribution is -2.16. The Morgan fingerprint density at radius 2 is 1.84 bits per heavy atom. The average Bonchev–Trinajstić information content (AvgIpc) is 2.92. The number of benzene rings is 1. The van der Waals surface area contributed by atoms with Gasteiger partial charge in [0.25, 0.3) is 0 Å². The van der Waals surface area contributed by atoms with Crippen LogP contribution >= 0.6 is 0 Å². The van der Waals surface area contributed by atoms with E-state index >= 15 is 0 Å². The molecule has 0 saturated heterocycles. The zero-order valence-electron chi connectivity index (χ0n) is 11.6. The fraction of sp³-hybridized carbons (Fsp3) is 0.625. The second-order valence-corrected chi connectivity index (χ2v) is 5.80. The van der Waals surface area contributed by atoms with E-state index in [1.54, 1.807) is 14.2 Å². The van der Waals surface area contributed by atoms with Crippen LogP contribution in [0.1, 0.15) is 24.8 Å². The lowest BCUT2D eigenvalue weighted by molar-refractivity contribution is 0.135. The van der Waals surface area contributed by atoms with Crippen molar-refractivity contribution in [1.82, 2.24) is 0 Å². The molecule has 0 spiro atoms. The Balaban J connectivity index is 1.66. The maximum atomic E-state index is 10.4. The summed E-state index contributed by atoms with van der Waals surface area (Å²) in [5.41, 5.74) is 1.12. The van der Waals surface area contributed by atoms with Crippen LogP contribution in [-0.4, -0.2) is 25.4 Å². The van der Waals surface area contributed by atoms with Crippen molar-refractivity contribution in [2.24, 2.45) is 17.8 Å². The molecule has 3 unspecified atom stereocenters. The molecule has 3 rings (SSSR count). The van der Waals surface area contributed by atoms with Crippen LogP contribution in [-0.2, 0) is 6.42 Å². The molecular weight excluding hydrogens is 240 g/mol. The number of hydrogen-bond acceptors (Lipinski definition) is 3. The third-order valence-electron chi connectivity index (χ3n) is 4.81. The van der Waals surface area contributed by atoms with E-state index in [9.17, 15) is 5.11 Å². The summed E-state index contributed by atoms with van der Waals surface area (Å²) in [5, 5.41) is 10.4. The third kappa shape index (κ3) is 2.32. The monoisotopic (exact) mass is 262 g/mol. The molecule has 1 aromatic carbocycles. The fourth-order valence-corrected chi connectivity index (χ4v) is 3.83. The van der Waals surface area contributed by atoms with Gasteiger partial charge in [0.15, 0.2) is 11.5 Å². The molecule has 1 aromatic rings. The zero-order valence-corrected chi connectivity index (χ0v) is 11.6. The van der Waals surface area contributed by atoms with Crippen LogP contribution in [0.4, 0.5) is 0 Å². The number of methoxy groups -OCH3 is 2. The van der Waals surface area contributed by atoms with E-state index in [0.717, 1.165) is 35.3 Å². The van der Waals surface area contributed by atoms with Gasteiger partial charge in [-0.05, 0) is 54.7 Å². The molecule has 19 heavy (non-hydrogen) atoms. The Morgan fingerprint density at radius 1 is 1.16 bits per heavy atom. The summed E-state index contributed by atoms with van der Waals surface area (Å²) >= 11 is 0. The predicted molar refractivity (Wildman–Crippen MR) is 73.6 cm³/mol. The number of rotatable bonds is 5. The molecule has 3 heteroatoms. The van der Waals surface area contributed by atoms with Gasteiger partial charge in [-0.1, -0.05) is 12.5 Å². The molecule has 3 atom stereocenters. The summed E-state index contributed by atoms with van der Waals surface area (Å²) in [7, 11) is 3.28. The Bertz CT molecular complexity index is 447. The number of aliphatic hydroxyl groups is 1. The van der Waals surface area contributed by atoms with Crippen LogP contribution < -0.4 is 9.47 Å². The van der Waals surface area contributed by atoms with E-state index < -0.39 is 0 Å². The highest BCUT2D eigenvalue weighted by molar-refractivity contribution is 5.43. The largest absolute Gasteiger partial charge is 0.493 e. The van der Waals surface area contributed by atoms with Crippen LogP contribution in [0.15, 0.2) is 18.2 Å². The maximum Gasteiger partial charge on any atom is 0.160 e. The molecule has 0 aliphatic heterocycles. The first-order valence-electron chi connectivity index (χ1n) is 7.13. The SMILES string of the molecule is COc1ccc(CC(O)C2C3CCCC32)cc1OC. The van der Waals surface area contributed by atoms with E-state index in [1.807, 2.05) is 18.2 Å². The van der Waals surface area contributed by atoms with E-state index in [0.29, 0.717) is 5.92 Å². The first-order chi connectivity index (χ1) is 9.24. The molecule has 1 N–H and O–H groups in total. The Hall–Kier alpha value is -1.22. The van der Waals surface area contributed by atoms with Crippen molar-refractivity contribution in [1.29, 1.82) is 0 Å². The number of fused-ring (bicyclic) bond motifs is 1. The molecule has 0 radical (unpaired) electrons. The molecule has 0 aromatic heterocycles. The lowest BCUT2D eigenvalue weighted by atomic mass is 9.99. The molecule has 2 saturated carbocycles. The molecule has 104 valence electrons. The highest BCUT2D eigenvalue weighted by Crippen LogP contribution is 2.59. The average molecular weight is 262 g/mol. The Kier molecular flexibility index (Phi) is 3.40. The van der Waals surface area contributed by atoms with Crippen LogP contribution in [0.3, 0.4) is 0 Å². The van der Waals surface area contributed by atoms with Gasteiger partial charge in [0, 0.05) is 0 Å². The van der Waals surface area contributed by atoms with Gasteiger partial charge in [-0.25, -0.2) is 0 Å². The van der Waals surface area contributed by atoms with Gasteiger partial charge >= 0.3 is 0 Å². The van der Waals surface area contributed by atoms with Crippen LogP contribution in [0.5, 0.6) is 11.5 Å². The minimum Gasteiger partial charge on any atom is -0.493 e. The Morgan fingerprint density at radius 3 is 2.47 bits per heavy atom. The normalized spacial score (nSPS) is 29.7. The van der Waals surface area contributed by atoms with Crippen molar-refractivity contribution >= 4 is 0 Å². The fourth-order valence-electron chi connectivity index (χ4n) is 3.83. The predicted octanol–water partition coefficient (Wildman–Crippen LogP) is 2.65. The van der Waals surface area contributed by atoms with Crippen molar-refractivity contribution in [3.63, 3.8) is 0 Å². The molecule has 0 heterocycles. The van der Waals surface area contributed by atoms with Crippen molar-refractivity contribution in [2.75, 3.05) is 14.2 Å². The van der Waals surface area contributed by atoms with Crippen LogP contribution in [0.25, 0.3) is 0 Å². The summed E-state index contributed by atoms with van der Waals surface area (Å²) < 4.78 is 10.5. The quantitative estimate of drug-likeness (QED) is 0.886. The van der Waals surface area contributed by atoms with E-state index in [-0.39, 0.29) is 6.10 Å². The molecule has 0 amide bonds. The smallest absolute Gasteiger partial charge is 0.160 e. The van der Waals surface area contributed by atoms with Gasteiger partial charge in [-0.15, -0.1) is 0 Å². The number of hydrogen-bond donors (Lipinski definition) is 1. The number of aliphatic hydroxyl groups excluding tert-OH is 1. The maximum absolute atomic E-state index is 10.4. The number of ether oxygens (including phenoxy) is 2. The Labute approximate surface area is 114 Å². The van der Waals surface area contributed by atoms with Gasteiger partial charge in [0.1, 0.15) is 0 Å².